The molecule has 1 aromatic carbocycles. The topological polar surface area (TPSA) is 38.5 Å². The molecule has 3 aromatic rings. The molecule has 3 rings (SSSR count). The molecule has 0 amide bonds. The fraction of sp³-hybridized carbons (Fsp3) is 0.286. The maximum atomic E-state index is 13.3. The van der Waals surface area contributed by atoms with E-state index in [1.165, 1.54) is 12.1 Å². The lowest BCUT2D eigenvalue weighted by molar-refractivity contribution is 0.555. The zero-order valence-electron chi connectivity index (χ0n) is 10.9. The van der Waals surface area contributed by atoms with Gasteiger partial charge in [0.15, 0.2) is 4.77 Å². The highest BCUT2D eigenvalue weighted by Gasteiger charge is 2.05. The first-order chi connectivity index (χ1) is 9.74. The van der Waals surface area contributed by atoms with E-state index in [0.29, 0.717) is 4.77 Å². The van der Waals surface area contributed by atoms with E-state index in [1.807, 2.05) is 21.7 Å². The van der Waals surface area contributed by atoms with Crippen molar-refractivity contribution in [2.24, 2.45) is 0 Å². The van der Waals surface area contributed by atoms with Gasteiger partial charge in [0.1, 0.15) is 5.82 Å². The van der Waals surface area contributed by atoms with Crippen molar-refractivity contribution in [3.05, 3.63) is 47.5 Å². The molecule has 0 spiro atoms. The Morgan fingerprint density at radius 3 is 2.90 bits per heavy atom. The number of nitrogens with zero attached hydrogens (tertiary/aromatic N) is 3. The normalized spacial score (nSPS) is 11.2. The number of aromatic amines is 1. The first kappa shape index (κ1) is 13.1. The lowest BCUT2D eigenvalue weighted by atomic mass is 10.2. The van der Waals surface area contributed by atoms with Gasteiger partial charge in [-0.1, -0.05) is 0 Å². The molecule has 4 nitrogen and oxygen atoms in total. The number of hydrogen-bond donors (Lipinski definition) is 1. The monoisotopic (exact) mass is 290 g/mol. The average Bonchev–Trinajstić information content (AvgIpc) is 3.03. The van der Waals surface area contributed by atoms with Gasteiger partial charge in [-0.05, 0) is 43.3 Å². The molecule has 0 saturated carbocycles. The molecule has 0 unspecified atom stereocenters. The molecular formula is C14H15FN4S. The van der Waals surface area contributed by atoms with Crippen LogP contribution in [-0.4, -0.2) is 19.1 Å². The summed E-state index contributed by atoms with van der Waals surface area (Å²) in [6, 6.07) is 4.69. The lowest BCUT2D eigenvalue weighted by Crippen LogP contribution is -2.01. The minimum Gasteiger partial charge on any atom is -0.337 e. The molecule has 0 aliphatic heterocycles. The van der Waals surface area contributed by atoms with Gasteiger partial charge in [-0.2, -0.15) is 0 Å². The summed E-state index contributed by atoms with van der Waals surface area (Å²) in [7, 11) is 0. The molecule has 0 fully saturated rings. The lowest BCUT2D eigenvalue weighted by Gasteiger charge is -2.05. The Bertz CT molecular complexity index is 757. The second-order valence-electron chi connectivity index (χ2n) is 4.75. The van der Waals surface area contributed by atoms with Gasteiger partial charge >= 0.3 is 0 Å². The van der Waals surface area contributed by atoms with E-state index < -0.39 is 0 Å². The molecule has 0 bridgehead atoms. The van der Waals surface area contributed by atoms with Crippen molar-refractivity contribution in [1.29, 1.82) is 0 Å². The van der Waals surface area contributed by atoms with Crippen LogP contribution in [0.25, 0.3) is 11.0 Å². The standard InChI is InChI=1S/C14H15FN4S/c15-11-3-4-12-13(9-11)19(14(20)17-12)7-2-1-6-18-8-5-16-10-18/h3-5,8-10H,1-2,6-7H2,(H,17,20). The van der Waals surface area contributed by atoms with E-state index in [-0.39, 0.29) is 5.82 Å². The smallest absolute Gasteiger partial charge is 0.178 e. The van der Waals surface area contributed by atoms with Crippen molar-refractivity contribution < 1.29 is 4.39 Å². The molecule has 20 heavy (non-hydrogen) atoms. The van der Waals surface area contributed by atoms with Crippen molar-refractivity contribution in [1.82, 2.24) is 19.1 Å². The second-order valence-corrected chi connectivity index (χ2v) is 5.14. The van der Waals surface area contributed by atoms with Gasteiger partial charge in [-0.3, -0.25) is 0 Å². The van der Waals surface area contributed by atoms with Crippen molar-refractivity contribution in [3.63, 3.8) is 0 Å². The molecular weight excluding hydrogens is 275 g/mol. The van der Waals surface area contributed by atoms with Crippen LogP contribution in [-0.2, 0) is 13.1 Å². The van der Waals surface area contributed by atoms with Crippen LogP contribution < -0.4 is 0 Å². The van der Waals surface area contributed by atoms with Crippen LogP contribution in [0.2, 0.25) is 0 Å². The van der Waals surface area contributed by atoms with E-state index in [9.17, 15) is 4.39 Å². The van der Waals surface area contributed by atoms with Crippen LogP contribution in [0.4, 0.5) is 4.39 Å². The fourth-order valence-corrected chi connectivity index (χ4v) is 2.63. The Labute approximate surface area is 120 Å². The molecule has 2 aromatic heterocycles. The maximum Gasteiger partial charge on any atom is 0.178 e. The largest absolute Gasteiger partial charge is 0.337 e. The molecule has 0 atom stereocenters. The van der Waals surface area contributed by atoms with E-state index in [1.54, 1.807) is 12.3 Å². The van der Waals surface area contributed by atoms with Gasteiger partial charge in [-0.15, -0.1) is 0 Å². The third-order valence-corrected chi connectivity index (χ3v) is 3.67. The van der Waals surface area contributed by atoms with E-state index >= 15 is 0 Å². The number of unbranched alkanes of at least 4 members (excludes halogenated alkanes) is 1. The Morgan fingerprint density at radius 2 is 2.10 bits per heavy atom. The van der Waals surface area contributed by atoms with Gasteiger partial charge in [0.25, 0.3) is 0 Å². The first-order valence-corrected chi connectivity index (χ1v) is 6.99. The van der Waals surface area contributed by atoms with Crippen molar-refractivity contribution in [2.45, 2.75) is 25.9 Å². The van der Waals surface area contributed by atoms with Crippen LogP contribution in [0.15, 0.2) is 36.9 Å². The third-order valence-electron chi connectivity index (χ3n) is 3.34. The Balaban J connectivity index is 1.69. The molecule has 0 aliphatic carbocycles. The number of hydrogen-bond acceptors (Lipinski definition) is 2. The summed E-state index contributed by atoms with van der Waals surface area (Å²) < 4.78 is 18.0. The van der Waals surface area contributed by atoms with E-state index in [0.717, 1.165) is 37.0 Å². The number of aryl methyl sites for hydroxylation is 2. The number of benzene rings is 1. The maximum absolute atomic E-state index is 13.3. The van der Waals surface area contributed by atoms with Crippen LogP contribution in [0, 0.1) is 10.6 Å². The number of rotatable bonds is 5. The van der Waals surface area contributed by atoms with Crippen LogP contribution >= 0.6 is 12.2 Å². The summed E-state index contributed by atoms with van der Waals surface area (Å²) in [4.78, 5) is 7.11. The summed E-state index contributed by atoms with van der Waals surface area (Å²) in [6.07, 6.45) is 7.55. The molecule has 0 saturated heterocycles. The summed E-state index contributed by atoms with van der Waals surface area (Å²) in [6.45, 7) is 1.72. The molecule has 1 N–H and O–H groups in total. The predicted molar refractivity (Wildman–Crippen MR) is 78.5 cm³/mol. The molecule has 6 heteroatoms. The van der Waals surface area contributed by atoms with Gasteiger partial charge in [-0.25, -0.2) is 9.37 Å². The second kappa shape index (κ2) is 5.58. The van der Waals surface area contributed by atoms with Crippen molar-refractivity contribution in [2.75, 3.05) is 0 Å². The predicted octanol–water partition coefficient (Wildman–Crippen LogP) is 3.51. The Morgan fingerprint density at radius 1 is 1.25 bits per heavy atom. The highest BCUT2D eigenvalue weighted by atomic mass is 32.1. The fourth-order valence-electron chi connectivity index (χ4n) is 2.33. The average molecular weight is 290 g/mol. The summed E-state index contributed by atoms with van der Waals surface area (Å²) in [5, 5.41) is 0. The van der Waals surface area contributed by atoms with Gasteiger partial charge < -0.3 is 14.1 Å². The SMILES string of the molecule is Fc1ccc2[nH]c(=S)n(CCCCn3ccnc3)c2c1. The molecule has 104 valence electrons. The van der Waals surface area contributed by atoms with Crippen LogP contribution in [0.3, 0.4) is 0 Å². The number of nitrogens with one attached hydrogen (secondary N) is 1. The van der Waals surface area contributed by atoms with Gasteiger partial charge in [0.2, 0.25) is 0 Å². The zero-order chi connectivity index (χ0) is 13.9. The molecule has 2 heterocycles. The highest BCUT2D eigenvalue weighted by molar-refractivity contribution is 7.71. The quantitative estimate of drug-likeness (QED) is 0.577. The van der Waals surface area contributed by atoms with E-state index in [2.05, 4.69) is 9.97 Å². The minimum absolute atomic E-state index is 0.237. The van der Waals surface area contributed by atoms with Gasteiger partial charge in [0, 0.05) is 25.5 Å². The number of fused-ring (bicyclic) bond motifs is 1. The minimum atomic E-state index is -0.237. The zero-order valence-corrected chi connectivity index (χ0v) is 11.7. The summed E-state index contributed by atoms with van der Waals surface area (Å²) in [5.74, 6) is -0.237. The van der Waals surface area contributed by atoms with Crippen LogP contribution in [0.1, 0.15) is 12.8 Å². The number of H-pyrrole nitrogens is 1. The first-order valence-electron chi connectivity index (χ1n) is 6.58. The number of aromatic nitrogens is 4. The third kappa shape index (κ3) is 2.65. The number of imidazole rings is 2. The Hall–Kier alpha value is -1.95. The molecule has 0 radical (unpaired) electrons. The molecule has 0 aliphatic rings. The van der Waals surface area contributed by atoms with Crippen molar-refractivity contribution >= 4 is 23.3 Å². The highest BCUT2D eigenvalue weighted by Crippen LogP contribution is 2.16. The van der Waals surface area contributed by atoms with Gasteiger partial charge in [0.05, 0.1) is 17.4 Å². The summed E-state index contributed by atoms with van der Waals surface area (Å²) in [5.41, 5.74) is 1.71. The number of halogens is 1. The van der Waals surface area contributed by atoms with E-state index in [4.69, 9.17) is 12.2 Å². The summed E-state index contributed by atoms with van der Waals surface area (Å²) >= 11 is 5.30. The van der Waals surface area contributed by atoms with Crippen molar-refractivity contribution in [3.8, 4) is 0 Å². The van der Waals surface area contributed by atoms with Crippen LogP contribution in [0.5, 0.6) is 0 Å². The Kier molecular flexibility index (Phi) is 3.64.